The van der Waals surface area contributed by atoms with Gasteiger partial charge in [0.15, 0.2) is 0 Å². The molecule has 0 bridgehead atoms. The molecule has 2 aliphatic rings. The molecule has 4 aromatic rings. The lowest BCUT2D eigenvalue weighted by Crippen LogP contribution is -2.34. The first-order valence-electron chi connectivity index (χ1n) is 10.9. The summed E-state index contributed by atoms with van der Waals surface area (Å²) in [7, 11) is 2.26. The number of fused-ring (bicyclic) bond motifs is 3. The normalized spacial score (nSPS) is 15.9. The molecule has 3 aromatic carbocycles. The monoisotopic (exact) mass is 396 g/mol. The molecule has 1 aromatic heterocycles. The van der Waals surface area contributed by atoms with E-state index in [1.54, 1.807) is 5.56 Å². The van der Waals surface area contributed by atoms with Crippen LogP contribution < -0.4 is 4.57 Å². The fourth-order valence-electron chi connectivity index (χ4n) is 5.61. The van der Waals surface area contributed by atoms with E-state index in [1.807, 2.05) is 11.8 Å². The molecule has 0 radical (unpaired) electrons. The third kappa shape index (κ3) is 2.58. The fourth-order valence-corrected chi connectivity index (χ4v) is 6.95. The Hall–Kier alpha value is -2.32. The number of aromatic nitrogens is 1. The van der Waals surface area contributed by atoms with E-state index < -0.39 is 0 Å². The van der Waals surface area contributed by atoms with Gasteiger partial charge in [-0.3, -0.25) is 0 Å². The maximum Gasteiger partial charge on any atom is 0.228 e. The van der Waals surface area contributed by atoms with Gasteiger partial charge in [0.25, 0.3) is 0 Å². The third-order valence-corrected chi connectivity index (χ3v) is 8.25. The van der Waals surface area contributed by atoms with Crippen LogP contribution in [0.15, 0.2) is 64.4 Å². The van der Waals surface area contributed by atoms with Gasteiger partial charge in [-0.1, -0.05) is 73.8 Å². The number of nitrogens with zero attached hydrogens (tertiary/aromatic N) is 1. The highest BCUT2D eigenvalue weighted by Crippen LogP contribution is 2.50. The van der Waals surface area contributed by atoms with E-state index >= 15 is 0 Å². The summed E-state index contributed by atoms with van der Waals surface area (Å²) in [4.78, 5) is 2.91. The average molecular weight is 397 g/mol. The van der Waals surface area contributed by atoms with Crippen LogP contribution in [0.2, 0.25) is 0 Å². The summed E-state index contributed by atoms with van der Waals surface area (Å²) >= 11 is 2.00. The van der Waals surface area contributed by atoms with Gasteiger partial charge >= 0.3 is 0 Å². The van der Waals surface area contributed by atoms with Gasteiger partial charge in [0.05, 0.1) is 15.8 Å². The zero-order valence-electron chi connectivity index (χ0n) is 17.2. The quantitative estimate of drug-likeness (QED) is 0.291. The Balaban J connectivity index is 1.73. The summed E-state index contributed by atoms with van der Waals surface area (Å²) in [5.74, 6) is 0.838. The van der Waals surface area contributed by atoms with Gasteiger partial charge in [-0.2, -0.15) is 4.57 Å². The number of hydrogen-bond acceptors (Lipinski definition) is 1. The predicted octanol–water partition coefficient (Wildman–Crippen LogP) is 6.99. The first kappa shape index (κ1) is 17.5. The van der Waals surface area contributed by atoms with Crippen molar-refractivity contribution in [3.05, 3.63) is 65.7 Å². The number of rotatable bonds is 2. The molecule has 1 aliphatic heterocycles. The molecule has 0 spiro atoms. The Morgan fingerprint density at radius 2 is 1.79 bits per heavy atom. The standard InChI is InChI=1S/C27H26NS/c1-17-14-15-19-10-7-13-23-25(19)24(17)26-27(29-23)21(16-18-8-3-4-9-18)20-11-5-6-12-22(20)28(26)2/h5-7,10-15,18H,3-4,8-9,16H2,1-2H3/q+1. The molecule has 1 fully saturated rings. The van der Waals surface area contributed by atoms with Crippen LogP contribution in [0.1, 0.15) is 36.8 Å². The van der Waals surface area contributed by atoms with Crippen molar-refractivity contribution in [3.8, 4) is 11.3 Å². The van der Waals surface area contributed by atoms with Crippen LogP contribution in [0.4, 0.5) is 0 Å². The summed E-state index contributed by atoms with van der Waals surface area (Å²) in [6.45, 7) is 2.27. The molecule has 2 heteroatoms. The minimum absolute atomic E-state index is 0.838. The molecule has 1 aliphatic carbocycles. The Morgan fingerprint density at radius 1 is 0.966 bits per heavy atom. The van der Waals surface area contributed by atoms with E-state index in [0.29, 0.717) is 0 Å². The first-order chi connectivity index (χ1) is 14.2. The molecule has 29 heavy (non-hydrogen) atoms. The van der Waals surface area contributed by atoms with E-state index in [2.05, 4.69) is 73.1 Å². The number of pyridine rings is 1. The zero-order valence-corrected chi connectivity index (χ0v) is 18.0. The molecule has 2 heterocycles. The van der Waals surface area contributed by atoms with E-state index in [0.717, 1.165) is 5.92 Å². The van der Waals surface area contributed by atoms with Gasteiger partial charge in [-0.25, -0.2) is 0 Å². The predicted molar refractivity (Wildman–Crippen MR) is 123 cm³/mol. The van der Waals surface area contributed by atoms with Crippen LogP contribution in [0, 0.1) is 12.8 Å². The summed E-state index contributed by atoms with van der Waals surface area (Å²) in [6.07, 6.45) is 6.80. The van der Waals surface area contributed by atoms with Crippen LogP contribution >= 0.6 is 11.8 Å². The molecular weight excluding hydrogens is 370 g/mol. The lowest BCUT2D eigenvalue weighted by Gasteiger charge is -2.24. The second kappa shape index (κ2) is 6.60. The van der Waals surface area contributed by atoms with Gasteiger partial charge in [0, 0.05) is 16.3 Å². The molecule has 1 nitrogen and oxygen atoms in total. The van der Waals surface area contributed by atoms with Gasteiger partial charge in [-0.15, -0.1) is 0 Å². The second-order valence-electron chi connectivity index (χ2n) is 8.80. The van der Waals surface area contributed by atoms with Crippen LogP contribution in [-0.4, -0.2) is 0 Å². The number of benzene rings is 3. The second-order valence-corrected chi connectivity index (χ2v) is 9.85. The van der Waals surface area contributed by atoms with Crippen LogP contribution in [0.25, 0.3) is 32.9 Å². The Kier molecular flexibility index (Phi) is 3.99. The maximum atomic E-state index is 2.45. The van der Waals surface area contributed by atoms with Crippen molar-refractivity contribution < 1.29 is 4.57 Å². The Bertz CT molecular complexity index is 1280. The molecule has 0 N–H and O–H groups in total. The van der Waals surface area contributed by atoms with E-state index in [9.17, 15) is 0 Å². The van der Waals surface area contributed by atoms with Crippen LogP contribution in [0.3, 0.4) is 0 Å². The minimum atomic E-state index is 0.838. The highest BCUT2D eigenvalue weighted by molar-refractivity contribution is 7.99. The lowest BCUT2D eigenvalue weighted by atomic mass is 9.90. The molecule has 6 rings (SSSR count). The molecule has 0 atom stereocenters. The molecule has 1 saturated carbocycles. The van der Waals surface area contributed by atoms with E-state index in [-0.39, 0.29) is 0 Å². The van der Waals surface area contributed by atoms with Gasteiger partial charge in [0.1, 0.15) is 7.05 Å². The maximum absolute atomic E-state index is 2.45. The van der Waals surface area contributed by atoms with Gasteiger partial charge in [-0.05, 0) is 47.9 Å². The molecule has 0 saturated heterocycles. The highest BCUT2D eigenvalue weighted by Gasteiger charge is 2.33. The van der Waals surface area contributed by atoms with Crippen molar-refractivity contribution in [1.29, 1.82) is 0 Å². The van der Waals surface area contributed by atoms with Crippen LogP contribution in [0.5, 0.6) is 0 Å². The van der Waals surface area contributed by atoms with Crippen molar-refractivity contribution in [1.82, 2.24) is 0 Å². The highest BCUT2D eigenvalue weighted by atomic mass is 32.2. The van der Waals surface area contributed by atoms with E-state index in [4.69, 9.17) is 0 Å². The van der Waals surface area contributed by atoms with Gasteiger partial charge < -0.3 is 0 Å². The molecule has 0 amide bonds. The van der Waals surface area contributed by atoms with Gasteiger partial charge in [0.2, 0.25) is 11.2 Å². The summed E-state index contributed by atoms with van der Waals surface area (Å²) in [5.41, 5.74) is 7.17. The topological polar surface area (TPSA) is 3.88 Å². The zero-order chi connectivity index (χ0) is 19.5. The Labute approximate surface area is 176 Å². The number of para-hydroxylation sites is 1. The molecule has 144 valence electrons. The smallest absolute Gasteiger partial charge is 0.193 e. The van der Waals surface area contributed by atoms with Crippen molar-refractivity contribution >= 4 is 33.4 Å². The first-order valence-corrected chi connectivity index (χ1v) is 11.7. The average Bonchev–Trinajstić information content (AvgIpc) is 3.26. The molecular formula is C27H26NS+. The molecule has 0 unspecified atom stereocenters. The summed E-state index contributed by atoms with van der Waals surface area (Å²) in [6, 6.07) is 20.4. The Morgan fingerprint density at radius 3 is 2.66 bits per heavy atom. The SMILES string of the molecule is Cc1ccc2cccc3c2c1-c1c(c(CC2CCCC2)c2ccccc2[n+]1C)S3. The largest absolute Gasteiger partial charge is 0.228 e. The number of aryl methyl sites for hydroxylation is 2. The van der Waals surface area contributed by atoms with Crippen molar-refractivity contribution in [3.63, 3.8) is 0 Å². The lowest BCUT2D eigenvalue weighted by molar-refractivity contribution is -0.635. The summed E-state index contributed by atoms with van der Waals surface area (Å²) < 4.78 is 2.45. The van der Waals surface area contributed by atoms with Crippen LogP contribution in [-0.2, 0) is 13.5 Å². The third-order valence-electron chi connectivity index (χ3n) is 7.05. The minimum Gasteiger partial charge on any atom is -0.193 e. The fraction of sp³-hybridized carbons (Fsp3) is 0.296. The van der Waals surface area contributed by atoms with E-state index in [1.165, 1.54) is 80.4 Å². The number of hydrogen-bond donors (Lipinski definition) is 0. The summed E-state index contributed by atoms with van der Waals surface area (Å²) in [5, 5.41) is 4.23. The van der Waals surface area contributed by atoms with Crippen molar-refractivity contribution in [2.24, 2.45) is 13.0 Å². The van der Waals surface area contributed by atoms with Crippen molar-refractivity contribution in [2.45, 2.75) is 48.8 Å². The van der Waals surface area contributed by atoms with Crippen molar-refractivity contribution in [2.75, 3.05) is 0 Å².